The number of likely N-dealkylation sites (N-methyl/N-ethyl adjacent to an activating group) is 1. The van der Waals surface area contributed by atoms with Crippen molar-refractivity contribution < 1.29 is 4.79 Å². The van der Waals surface area contributed by atoms with Crippen LogP contribution in [0.2, 0.25) is 0 Å². The monoisotopic (exact) mass is 261 g/mol. The fraction of sp³-hybridized carbons (Fsp3) is 0.533. The molecule has 104 valence electrons. The van der Waals surface area contributed by atoms with E-state index >= 15 is 0 Å². The van der Waals surface area contributed by atoms with Gasteiger partial charge < -0.3 is 15.5 Å². The number of hydrogen-bond acceptors (Lipinski definition) is 3. The van der Waals surface area contributed by atoms with Gasteiger partial charge in [-0.15, -0.1) is 0 Å². The van der Waals surface area contributed by atoms with E-state index in [9.17, 15) is 4.79 Å². The van der Waals surface area contributed by atoms with Gasteiger partial charge in [0.1, 0.15) is 0 Å². The van der Waals surface area contributed by atoms with Crippen LogP contribution in [-0.4, -0.2) is 43.0 Å². The summed E-state index contributed by atoms with van der Waals surface area (Å²) in [6.45, 7) is 5.90. The van der Waals surface area contributed by atoms with E-state index in [1.54, 1.807) is 0 Å². The average Bonchev–Trinajstić information content (AvgIpc) is 2.69. The van der Waals surface area contributed by atoms with E-state index in [0.717, 1.165) is 18.7 Å². The van der Waals surface area contributed by atoms with Gasteiger partial charge in [0.15, 0.2) is 0 Å². The zero-order valence-electron chi connectivity index (χ0n) is 11.9. The van der Waals surface area contributed by atoms with Crippen molar-refractivity contribution in [2.45, 2.75) is 32.4 Å². The zero-order valence-corrected chi connectivity index (χ0v) is 11.9. The number of likely N-dealkylation sites (tertiary alicyclic amines) is 1. The van der Waals surface area contributed by atoms with Crippen molar-refractivity contribution in [3.05, 3.63) is 29.8 Å². The van der Waals surface area contributed by atoms with Crippen LogP contribution in [0.4, 0.5) is 5.69 Å². The Balaban J connectivity index is 1.94. The molecule has 1 aromatic carbocycles. The Hall–Kier alpha value is -1.55. The molecule has 0 aliphatic carbocycles. The summed E-state index contributed by atoms with van der Waals surface area (Å²) in [5.41, 5.74) is 1.80. The Morgan fingerprint density at radius 3 is 2.58 bits per heavy atom. The lowest BCUT2D eigenvalue weighted by molar-refractivity contribution is 0.0956. The van der Waals surface area contributed by atoms with Crippen LogP contribution >= 0.6 is 0 Å². The molecule has 0 radical (unpaired) electrons. The smallest absolute Gasteiger partial charge is 0.251 e. The molecule has 2 N–H and O–H groups in total. The van der Waals surface area contributed by atoms with Crippen LogP contribution in [0.3, 0.4) is 0 Å². The highest BCUT2D eigenvalue weighted by Crippen LogP contribution is 2.19. The number of rotatable bonds is 4. The topological polar surface area (TPSA) is 44.4 Å². The molecule has 2 atom stereocenters. The number of carbonyl (C=O) groups excluding carboxylic acids is 1. The minimum atomic E-state index is -0.0109. The Morgan fingerprint density at radius 1 is 1.37 bits per heavy atom. The molecule has 2 rings (SSSR count). The summed E-state index contributed by atoms with van der Waals surface area (Å²) in [6, 6.07) is 8.83. The second-order valence-electron chi connectivity index (χ2n) is 5.30. The molecule has 1 aliphatic rings. The number of nitrogens with one attached hydrogen (secondary N) is 2. The van der Waals surface area contributed by atoms with Crippen molar-refractivity contribution in [1.29, 1.82) is 0 Å². The summed E-state index contributed by atoms with van der Waals surface area (Å²) >= 11 is 0. The normalized spacial score (nSPS) is 23.3. The predicted octanol–water partition coefficient (Wildman–Crippen LogP) is 1.94. The largest absolute Gasteiger partial charge is 0.381 e. The molecule has 4 heteroatoms. The molecule has 1 saturated heterocycles. The van der Waals surface area contributed by atoms with Gasteiger partial charge in [-0.25, -0.2) is 0 Å². The van der Waals surface area contributed by atoms with Crippen LogP contribution in [0.15, 0.2) is 24.3 Å². The van der Waals surface area contributed by atoms with Gasteiger partial charge in [0.2, 0.25) is 0 Å². The quantitative estimate of drug-likeness (QED) is 0.870. The van der Waals surface area contributed by atoms with Crippen LogP contribution in [-0.2, 0) is 0 Å². The van der Waals surface area contributed by atoms with Crippen LogP contribution in [0.25, 0.3) is 0 Å². The van der Waals surface area contributed by atoms with Crippen LogP contribution in [0.5, 0.6) is 0 Å². The van der Waals surface area contributed by atoms with Gasteiger partial charge in [0.25, 0.3) is 5.91 Å². The average molecular weight is 261 g/mol. The third-order valence-electron chi connectivity index (χ3n) is 3.74. The zero-order chi connectivity index (χ0) is 13.8. The maximum Gasteiger partial charge on any atom is 0.251 e. The fourth-order valence-electron chi connectivity index (χ4n) is 2.51. The van der Waals surface area contributed by atoms with E-state index in [1.165, 1.54) is 0 Å². The Kier molecular flexibility index (Phi) is 4.43. The highest BCUT2D eigenvalue weighted by Gasteiger charge is 2.25. The van der Waals surface area contributed by atoms with Crippen molar-refractivity contribution in [3.8, 4) is 0 Å². The molecule has 4 nitrogen and oxygen atoms in total. The first-order valence-electron chi connectivity index (χ1n) is 6.95. The minimum absolute atomic E-state index is 0.0109. The summed E-state index contributed by atoms with van der Waals surface area (Å²) in [6.07, 6.45) is 1.16. The van der Waals surface area contributed by atoms with Crippen LogP contribution in [0, 0.1) is 0 Å². The molecule has 0 spiro atoms. The minimum Gasteiger partial charge on any atom is -0.381 e. The fourth-order valence-corrected chi connectivity index (χ4v) is 2.51. The lowest BCUT2D eigenvalue weighted by atomic mass is 10.1. The third kappa shape index (κ3) is 3.47. The SMILES string of the molecule is CCNC(=O)c1ccc(NC2CC(C)N(C)C2)cc1. The first-order chi connectivity index (χ1) is 9.10. The first kappa shape index (κ1) is 13.9. The van der Waals surface area contributed by atoms with E-state index in [4.69, 9.17) is 0 Å². The van der Waals surface area contributed by atoms with E-state index in [-0.39, 0.29) is 5.91 Å². The van der Waals surface area contributed by atoms with Gasteiger partial charge in [-0.05, 0) is 51.6 Å². The highest BCUT2D eigenvalue weighted by atomic mass is 16.1. The molecule has 1 amide bonds. The van der Waals surface area contributed by atoms with E-state index in [2.05, 4.69) is 29.5 Å². The number of benzene rings is 1. The number of amides is 1. The van der Waals surface area contributed by atoms with E-state index in [1.807, 2.05) is 31.2 Å². The summed E-state index contributed by atoms with van der Waals surface area (Å²) in [5.74, 6) is -0.0109. The summed E-state index contributed by atoms with van der Waals surface area (Å²) in [7, 11) is 2.16. The molecule has 0 saturated carbocycles. The molecule has 1 aromatic rings. The molecule has 2 unspecified atom stereocenters. The second-order valence-corrected chi connectivity index (χ2v) is 5.30. The molecular weight excluding hydrogens is 238 g/mol. The summed E-state index contributed by atoms with van der Waals surface area (Å²) in [5, 5.41) is 6.33. The standard InChI is InChI=1S/C15H23N3O/c1-4-16-15(19)12-5-7-13(8-6-12)17-14-9-11(2)18(3)10-14/h5-8,11,14,17H,4,9-10H2,1-3H3,(H,16,19). The second kappa shape index (κ2) is 6.06. The molecule has 19 heavy (non-hydrogen) atoms. The van der Waals surface area contributed by atoms with E-state index < -0.39 is 0 Å². The Morgan fingerprint density at radius 2 is 2.05 bits per heavy atom. The third-order valence-corrected chi connectivity index (χ3v) is 3.74. The summed E-state index contributed by atoms with van der Waals surface area (Å²) in [4.78, 5) is 14.0. The van der Waals surface area contributed by atoms with Gasteiger partial charge in [-0.2, -0.15) is 0 Å². The van der Waals surface area contributed by atoms with Gasteiger partial charge in [-0.3, -0.25) is 4.79 Å². The van der Waals surface area contributed by atoms with Gasteiger partial charge in [0.05, 0.1) is 0 Å². The molecule has 1 heterocycles. The number of nitrogens with zero attached hydrogens (tertiary/aromatic N) is 1. The molecule has 0 bridgehead atoms. The van der Waals surface area contributed by atoms with Gasteiger partial charge >= 0.3 is 0 Å². The van der Waals surface area contributed by atoms with Gasteiger partial charge in [-0.1, -0.05) is 0 Å². The van der Waals surface area contributed by atoms with Crippen molar-refractivity contribution in [2.24, 2.45) is 0 Å². The Labute approximate surface area is 115 Å². The van der Waals surface area contributed by atoms with Crippen molar-refractivity contribution in [3.63, 3.8) is 0 Å². The lowest BCUT2D eigenvalue weighted by Gasteiger charge is -2.14. The Bertz CT molecular complexity index is 420. The molecular formula is C15H23N3O. The van der Waals surface area contributed by atoms with Crippen molar-refractivity contribution in [1.82, 2.24) is 10.2 Å². The van der Waals surface area contributed by atoms with Gasteiger partial charge in [0, 0.05) is 36.4 Å². The summed E-state index contributed by atoms with van der Waals surface area (Å²) < 4.78 is 0. The maximum absolute atomic E-state index is 11.6. The molecule has 0 aromatic heterocycles. The van der Waals surface area contributed by atoms with Crippen molar-refractivity contribution in [2.75, 3.05) is 25.5 Å². The number of carbonyl (C=O) groups is 1. The maximum atomic E-state index is 11.6. The molecule has 1 fully saturated rings. The predicted molar refractivity (Wildman–Crippen MR) is 78.6 cm³/mol. The van der Waals surface area contributed by atoms with Crippen molar-refractivity contribution >= 4 is 11.6 Å². The lowest BCUT2D eigenvalue weighted by Crippen LogP contribution is -2.25. The highest BCUT2D eigenvalue weighted by molar-refractivity contribution is 5.94. The number of anilines is 1. The molecule has 1 aliphatic heterocycles. The van der Waals surface area contributed by atoms with E-state index in [0.29, 0.717) is 24.2 Å². The van der Waals surface area contributed by atoms with Crippen LogP contribution < -0.4 is 10.6 Å². The number of hydrogen-bond donors (Lipinski definition) is 2. The first-order valence-corrected chi connectivity index (χ1v) is 6.95. The van der Waals surface area contributed by atoms with Crippen LogP contribution in [0.1, 0.15) is 30.6 Å².